The van der Waals surface area contributed by atoms with Crippen molar-refractivity contribution in [2.45, 2.75) is 24.5 Å². The molecule has 0 saturated carbocycles. The molecule has 3 rings (SSSR count). The zero-order chi connectivity index (χ0) is 25.4. The summed E-state index contributed by atoms with van der Waals surface area (Å²) in [7, 11) is -16.9. The summed E-state index contributed by atoms with van der Waals surface area (Å²) < 4.78 is 42.4. The van der Waals surface area contributed by atoms with Gasteiger partial charge in [-0.2, -0.15) is 9.29 Å². The van der Waals surface area contributed by atoms with Crippen LogP contribution in [0, 0.1) is 0 Å². The van der Waals surface area contributed by atoms with Crippen molar-refractivity contribution in [1.29, 1.82) is 0 Å². The number of nitrogens with one attached hydrogen (secondary N) is 1. The molecule has 0 aromatic carbocycles. The van der Waals surface area contributed by atoms with E-state index in [9.17, 15) is 38.5 Å². The predicted octanol–water partition coefficient (Wildman–Crippen LogP) is -10.6. The average Bonchev–Trinajstić information content (AvgIpc) is 3.13. The van der Waals surface area contributed by atoms with Gasteiger partial charge >= 0.3 is 74.8 Å². The number of hydrogen-bond donors (Lipinski definition) is 8. The van der Waals surface area contributed by atoms with Gasteiger partial charge in [-0.25, -0.2) is 14.1 Å². The van der Waals surface area contributed by atoms with Crippen molar-refractivity contribution < 1.29 is 126 Å². The quantitative estimate of drug-likeness (QED) is 0.115. The third-order valence-electron chi connectivity index (χ3n) is 3.65. The second kappa shape index (κ2) is 13.5. The van der Waals surface area contributed by atoms with E-state index in [-0.39, 0.29) is 76.2 Å². The van der Waals surface area contributed by atoms with Gasteiger partial charge in [0.05, 0.1) is 20.8 Å². The molecule has 0 radical (unpaired) electrons. The summed E-state index contributed by atoms with van der Waals surface area (Å²) in [6.07, 6.45) is -3.21. The molecule has 25 heteroatoms. The Morgan fingerprint density at radius 2 is 1.71 bits per heavy atom. The van der Waals surface area contributed by atoms with Crippen LogP contribution in [0.25, 0.3) is 11.2 Å². The molecule has 20 nitrogen and oxygen atoms in total. The fraction of sp³-hybridized carbons (Fsp3) is 0.500. The Morgan fingerprint density at radius 3 is 2.17 bits per heavy atom. The summed E-state index contributed by atoms with van der Waals surface area (Å²) >= 11 is 0. The van der Waals surface area contributed by atoms with Gasteiger partial charge in [0.1, 0.15) is 18.3 Å². The molecule has 2 aromatic heterocycles. The van der Waals surface area contributed by atoms with Crippen LogP contribution >= 0.6 is 23.5 Å². The zero-order valence-corrected chi connectivity index (χ0v) is 24.4. The maximum absolute atomic E-state index is 11.7. The van der Waals surface area contributed by atoms with Gasteiger partial charge in [-0.15, -0.1) is 0 Å². The number of imidazole rings is 1. The Hall–Kier alpha value is 0.400. The Bertz CT molecular complexity index is 1170. The minimum atomic E-state index is -5.85. The number of nitrogen functional groups attached to an aromatic ring is 1. The number of ether oxygens (including phenoxy) is 1. The summed E-state index contributed by atoms with van der Waals surface area (Å²) in [6.45, 7) is -0.447. The van der Waals surface area contributed by atoms with Crippen molar-refractivity contribution >= 4 is 40.6 Å². The van der Waals surface area contributed by atoms with Gasteiger partial charge in [-0.05, 0) is 0 Å². The van der Waals surface area contributed by atoms with Gasteiger partial charge in [-0.3, -0.25) is 18.7 Å². The van der Waals surface area contributed by atoms with Gasteiger partial charge in [-0.1, -0.05) is 0 Å². The first-order valence-corrected chi connectivity index (χ1v) is 12.6. The fourth-order valence-corrected chi connectivity index (χ4v) is 4.99. The largest absolute Gasteiger partial charge is 1.00 e. The van der Waals surface area contributed by atoms with Crippen molar-refractivity contribution in [2.75, 3.05) is 12.3 Å². The van der Waals surface area contributed by atoms with Crippen LogP contribution in [0.15, 0.2) is 11.1 Å². The first kappa shape index (κ1) is 35.4. The van der Waals surface area contributed by atoms with E-state index in [1.807, 2.05) is 0 Å². The van der Waals surface area contributed by atoms with Crippen LogP contribution in [0.4, 0.5) is 5.95 Å². The molecule has 35 heavy (non-hydrogen) atoms. The number of aromatic nitrogens is 4. The first-order valence-electron chi connectivity index (χ1n) is 8.12. The SMILES string of the molecule is Nc1nc2c(ncn2[C@@H]2O[C@H](CO)[C@@H](O)[C@H]2O)c(=O)[nH]1.O=P([O-])([O-])OP(=O)(O)OP(=O)(O)O.[Na+].[Na+]. The Kier molecular flexibility index (Phi) is 13.6. The second-order valence-electron chi connectivity index (χ2n) is 6.07. The number of nitrogens with two attached hydrogens (primary N) is 1. The van der Waals surface area contributed by atoms with Crippen LogP contribution in [0.1, 0.15) is 6.23 Å². The van der Waals surface area contributed by atoms with E-state index in [0.717, 1.165) is 0 Å². The molecule has 5 atom stereocenters. The van der Waals surface area contributed by atoms with Crippen molar-refractivity contribution in [3.63, 3.8) is 0 Å². The number of nitrogens with zero attached hydrogens (tertiary/aromatic N) is 3. The van der Waals surface area contributed by atoms with Crippen molar-refractivity contribution in [3.8, 4) is 0 Å². The Labute approximate surface area is 238 Å². The molecule has 1 fully saturated rings. The molecule has 1 saturated heterocycles. The number of aliphatic hydroxyl groups is 3. The van der Waals surface area contributed by atoms with Gasteiger partial charge < -0.3 is 54.8 Å². The minimum absolute atomic E-state index is 0. The summed E-state index contributed by atoms with van der Waals surface area (Å²) in [6, 6.07) is 0. The van der Waals surface area contributed by atoms with E-state index in [2.05, 4.69) is 23.6 Å². The molecule has 0 bridgehead atoms. The van der Waals surface area contributed by atoms with E-state index < -0.39 is 60.2 Å². The molecule has 3 heterocycles. The van der Waals surface area contributed by atoms with Crippen molar-refractivity contribution in [2.24, 2.45) is 0 Å². The van der Waals surface area contributed by atoms with Gasteiger partial charge in [0, 0.05) is 0 Å². The van der Waals surface area contributed by atoms with Crippen molar-refractivity contribution in [1.82, 2.24) is 19.5 Å². The summed E-state index contributed by atoms with van der Waals surface area (Å²) in [5.74, 6) is -0.101. The smallest absolute Gasteiger partial charge is 0.789 e. The van der Waals surface area contributed by atoms with Crippen LogP contribution in [-0.2, 0) is 27.1 Å². The van der Waals surface area contributed by atoms with Crippen LogP contribution in [-0.4, -0.2) is 74.4 Å². The standard InChI is InChI=1S/C10H13N5O5.2Na.H5O10P3/c11-10-13-7-4(8(19)14-10)12-2-15(7)9-6(18)5(17)3(1-16)20-9;;;1-11(2,3)9-13(7,8)10-12(4,5)6/h2-3,5-6,9,16-18H,1H2,(H3,11,13,14,19);;;(H,7,8)(H2,1,2,3)(H2,4,5,6)/q;2*+1;/p-2/t3-,5-,6-,9-;;;/m1.../s1. The maximum atomic E-state index is 11.7. The van der Waals surface area contributed by atoms with Crippen LogP contribution in [0.2, 0.25) is 0 Å². The molecule has 0 spiro atoms. The summed E-state index contributed by atoms with van der Waals surface area (Å²) in [5.41, 5.74) is 5.12. The third-order valence-corrected chi connectivity index (χ3v) is 6.96. The Balaban J connectivity index is 0.000000684. The van der Waals surface area contributed by atoms with Gasteiger partial charge in [0.25, 0.3) is 5.56 Å². The number of fused-ring (bicyclic) bond motifs is 1. The molecule has 188 valence electrons. The summed E-state index contributed by atoms with van der Waals surface area (Å²) in [5, 5.41) is 28.7. The zero-order valence-electron chi connectivity index (χ0n) is 17.7. The molecular formula is C10H16N5Na2O15P3. The van der Waals surface area contributed by atoms with E-state index in [4.69, 9.17) is 30.3 Å². The minimum Gasteiger partial charge on any atom is -0.789 e. The number of anilines is 1. The number of hydrogen-bond acceptors (Lipinski definition) is 15. The van der Waals surface area contributed by atoms with E-state index in [1.54, 1.807) is 0 Å². The van der Waals surface area contributed by atoms with Crippen molar-refractivity contribution in [3.05, 3.63) is 16.7 Å². The monoisotopic (exact) mass is 585 g/mol. The molecule has 1 unspecified atom stereocenters. The van der Waals surface area contributed by atoms with E-state index in [1.165, 1.54) is 10.9 Å². The number of rotatable bonds is 6. The van der Waals surface area contributed by atoms with E-state index in [0.29, 0.717) is 0 Å². The predicted molar refractivity (Wildman–Crippen MR) is 97.2 cm³/mol. The average molecular weight is 585 g/mol. The molecule has 0 aliphatic carbocycles. The number of aromatic amines is 1. The third kappa shape index (κ3) is 10.2. The molecule has 9 N–H and O–H groups in total. The van der Waals surface area contributed by atoms with Gasteiger partial charge in [0.15, 0.2) is 17.4 Å². The van der Waals surface area contributed by atoms with Crippen LogP contribution < -0.4 is 80.2 Å². The normalized spacial score (nSPS) is 24.0. The number of phosphoric acid groups is 3. The van der Waals surface area contributed by atoms with Crippen LogP contribution in [0.5, 0.6) is 0 Å². The fourth-order valence-electron chi connectivity index (χ4n) is 2.51. The molecule has 0 amide bonds. The molecular weight excluding hydrogens is 569 g/mol. The molecule has 2 aromatic rings. The molecule has 1 aliphatic rings. The van der Waals surface area contributed by atoms with Gasteiger partial charge in [0.2, 0.25) is 5.95 Å². The van der Waals surface area contributed by atoms with Crippen LogP contribution in [0.3, 0.4) is 0 Å². The second-order valence-corrected chi connectivity index (χ2v) is 10.2. The first-order chi connectivity index (χ1) is 14.9. The molecule has 1 aliphatic heterocycles. The topological polar surface area (TPSA) is 336 Å². The number of H-pyrrole nitrogens is 1. The summed E-state index contributed by atoms with van der Waals surface area (Å²) in [4.78, 5) is 65.3. The number of aliphatic hydroxyl groups excluding tert-OH is 3. The Morgan fingerprint density at radius 1 is 1.14 bits per heavy atom. The maximum Gasteiger partial charge on any atom is 1.00 e. The van der Waals surface area contributed by atoms with E-state index >= 15 is 0 Å².